The van der Waals surface area contributed by atoms with Crippen LogP contribution in [0.1, 0.15) is 56.1 Å². The number of rotatable bonds is 7. The third kappa shape index (κ3) is 3.83. The maximum absolute atomic E-state index is 11.2. The van der Waals surface area contributed by atoms with Gasteiger partial charge in [-0.15, -0.1) is 0 Å². The second kappa shape index (κ2) is 6.89. The number of hydrogen-bond acceptors (Lipinski definition) is 2. The van der Waals surface area contributed by atoms with Crippen LogP contribution in [-0.2, 0) is 4.79 Å². The van der Waals surface area contributed by atoms with Crippen LogP contribution in [0.5, 0.6) is 0 Å². The number of carboxylic acids is 1. The number of unbranched alkanes of at least 4 members (excludes halogenated alkanes) is 1. The molecule has 0 spiro atoms. The van der Waals surface area contributed by atoms with E-state index in [0.717, 1.165) is 32.1 Å². The van der Waals surface area contributed by atoms with E-state index in [0.29, 0.717) is 12.0 Å². The molecule has 20 heavy (non-hydrogen) atoms. The first kappa shape index (κ1) is 15.0. The molecule has 0 heterocycles. The molecule has 110 valence electrons. The van der Waals surface area contributed by atoms with Crippen molar-refractivity contribution in [3.8, 4) is 0 Å². The fourth-order valence-electron chi connectivity index (χ4n) is 2.84. The summed E-state index contributed by atoms with van der Waals surface area (Å²) in [4.78, 5) is 11.2. The zero-order valence-corrected chi connectivity index (χ0v) is 12.4. The maximum Gasteiger partial charge on any atom is 0.320 e. The highest BCUT2D eigenvalue weighted by atomic mass is 16.4. The number of carboxylic acid groups (broad SMARTS) is 1. The summed E-state index contributed by atoms with van der Waals surface area (Å²) in [7, 11) is 0. The van der Waals surface area contributed by atoms with Crippen LogP contribution in [0.3, 0.4) is 0 Å². The van der Waals surface area contributed by atoms with Crippen LogP contribution in [0, 0.1) is 6.92 Å². The van der Waals surface area contributed by atoms with Gasteiger partial charge < -0.3 is 10.4 Å². The Bertz CT molecular complexity index is 435. The first-order valence-corrected chi connectivity index (χ1v) is 7.65. The minimum atomic E-state index is -0.711. The molecule has 1 aliphatic rings. The molecular weight excluding hydrogens is 250 g/mol. The van der Waals surface area contributed by atoms with Crippen molar-refractivity contribution in [2.24, 2.45) is 0 Å². The summed E-state index contributed by atoms with van der Waals surface area (Å²) in [5.41, 5.74) is 2.67. The molecule has 2 N–H and O–H groups in total. The maximum atomic E-state index is 11.2. The van der Waals surface area contributed by atoms with E-state index in [4.69, 9.17) is 0 Å². The van der Waals surface area contributed by atoms with Crippen LogP contribution in [0.15, 0.2) is 24.3 Å². The van der Waals surface area contributed by atoms with Crippen molar-refractivity contribution >= 4 is 5.97 Å². The lowest BCUT2D eigenvalue weighted by atomic mass is 9.75. The molecule has 0 aromatic heterocycles. The average molecular weight is 275 g/mol. The second-order valence-corrected chi connectivity index (χ2v) is 5.98. The minimum Gasteiger partial charge on any atom is -0.480 e. The third-order valence-electron chi connectivity index (χ3n) is 4.27. The molecule has 1 saturated carbocycles. The van der Waals surface area contributed by atoms with Gasteiger partial charge in [0.15, 0.2) is 0 Å². The Hall–Kier alpha value is -1.35. The van der Waals surface area contributed by atoms with Crippen molar-refractivity contribution in [2.75, 3.05) is 0 Å². The van der Waals surface area contributed by atoms with Crippen LogP contribution in [0.2, 0.25) is 0 Å². The van der Waals surface area contributed by atoms with Crippen molar-refractivity contribution in [1.29, 1.82) is 0 Å². The molecule has 0 radical (unpaired) electrons. The number of carbonyl (C=O) groups is 1. The van der Waals surface area contributed by atoms with E-state index in [1.54, 1.807) is 0 Å². The molecule has 3 nitrogen and oxygen atoms in total. The molecule has 0 amide bonds. The van der Waals surface area contributed by atoms with Crippen LogP contribution in [-0.4, -0.2) is 23.2 Å². The van der Waals surface area contributed by atoms with Gasteiger partial charge in [0.2, 0.25) is 0 Å². The van der Waals surface area contributed by atoms with Gasteiger partial charge in [-0.2, -0.15) is 0 Å². The van der Waals surface area contributed by atoms with Crippen LogP contribution < -0.4 is 5.32 Å². The summed E-state index contributed by atoms with van der Waals surface area (Å²) in [5.74, 6) is -0.119. The van der Waals surface area contributed by atoms with Crippen LogP contribution in [0.4, 0.5) is 0 Å². The molecule has 0 aliphatic heterocycles. The van der Waals surface area contributed by atoms with Gasteiger partial charge >= 0.3 is 5.97 Å². The Morgan fingerprint density at radius 1 is 1.35 bits per heavy atom. The summed E-state index contributed by atoms with van der Waals surface area (Å²) in [6, 6.07) is 8.68. The van der Waals surface area contributed by atoms with Crippen molar-refractivity contribution in [2.45, 2.75) is 64.0 Å². The van der Waals surface area contributed by atoms with Gasteiger partial charge in [0.25, 0.3) is 0 Å². The Kier molecular flexibility index (Phi) is 5.18. The molecule has 1 fully saturated rings. The van der Waals surface area contributed by atoms with Gasteiger partial charge in [0, 0.05) is 6.04 Å². The van der Waals surface area contributed by atoms with E-state index < -0.39 is 5.97 Å². The molecule has 0 bridgehead atoms. The highest BCUT2D eigenvalue weighted by Gasteiger charge is 2.32. The number of nitrogens with one attached hydrogen (secondary N) is 1. The number of aryl methyl sites for hydroxylation is 1. The molecule has 3 heteroatoms. The Morgan fingerprint density at radius 2 is 2.00 bits per heavy atom. The SMILES string of the molecule is CCCC[C@H](NC1CC(c2ccc(C)cc2)C1)C(=O)O. The van der Waals surface area contributed by atoms with Gasteiger partial charge in [0.05, 0.1) is 0 Å². The van der Waals surface area contributed by atoms with Crippen molar-refractivity contribution in [3.05, 3.63) is 35.4 Å². The van der Waals surface area contributed by atoms with Gasteiger partial charge in [-0.25, -0.2) is 0 Å². The lowest BCUT2D eigenvalue weighted by Gasteiger charge is -2.38. The smallest absolute Gasteiger partial charge is 0.320 e. The normalized spacial score (nSPS) is 23.1. The second-order valence-electron chi connectivity index (χ2n) is 5.98. The van der Waals surface area contributed by atoms with Crippen molar-refractivity contribution in [1.82, 2.24) is 5.32 Å². The topological polar surface area (TPSA) is 49.3 Å². The Balaban J connectivity index is 1.80. The highest BCUT2D eigenvalue weighted by Crippen LogP contribution is 2.37. The molecule has 0 saturated heterocycles. The lowest BCUT2D eigenvalue weighted by molar-refractivity contribution is -0.140. The quantitative estimate of drug-likeness (QED) is 0.801. The highest BCUT2D eigenvalue weighted by molar-refractivity contribution is 5.73. The first-order chi connectivity index (χ1) is 9.60. The van der Waals surface area contributed by atoms with Crippen molar-refractivity contribution < 1.29 is 9.90 Å². The van der Waals surface area contributed by atoms with Gasteiger partial charge in [-0.1, -0.05) is 49.6 Å². The van der Waals surface area contributed by atoms with Crippen LogP contribution >= 0.6 is 0 Å². The molecule has 2 rings (SSSR count). The summed E-state index contributed by atoms with van der Waals surface area (Å²) in [6.07, 6.45) is 4.86. The predicted octanol–water partition coefficient (Wildman–Crippen LogP) is 3.47. The first-order valence-electron chi connectivity index (χ1n) is 7.65. The predicted molar refractivity (Wildman–Crippen MR) is 81.0 cm³/mol. The van der Waals surface area contributed by atoms with Crippen LogP contribution in [0.25, 0.3) is 0 Å². The van der Waals surface area contributed by atoms with Crippen molar-refractivity contribution in [3.63, 3.8) is 0 Å². The zero-order valence-electron chi connectivity index (χ0n) is 12.4. The molecule has 0 unspecified atom stereocenters. The fraction of sp³-hybridized carbons (Fsp3) is 0.588. The standard InChI is InChI=1S/C17H25NO2/c1-3-4-5-16(17(19)20)18-15-10-14(11-15)13-8-6-12(2)7-9-13/h6-9,14-16,18H,3-5,10-11H2,1-2H3,(H,19,20)/t14?,15?,16-/m0/s1. The Morgan fingerprint density at radius 3 is 2.55 bits per heavy atom. The zero-order chi connectivity index (χ0) is 14.5. The molecule has 1 aromatic carbocycles. The van der Waals surface area contributed by atoms with E-state index in [1.165, 1.54) is 11.1 Å². The Labute approximate surface area is 121 Å². The van der Waals surface area contributed by atoms with E-state index in [2.05, 4.69) is 43.4 Å². The number of aliphatic carboxylic acids is 1. The summed E-state index contributed by atoms with van der Waals surface area (Å²) in [6.45, 7) is 4.19. The van der Waals surface area contributed by atoms with E-state index >= 15 is 0 Å². The van der Waals surface area contributed by atoms with E-state index in [-0.39, 0.29) is 6.04 Å². The lowest BCUT2D eigenvalue weighted by Crippen LogP contribution is -2.48. The summed E-state index contributed by atoms with van der Waals surface area (Å²) >= 11 is 0. The third-order valence-corrected chi connectivity index (χ3v) is 4.27. The largest absolute Gasteiger partial charge is 0.480 e. The summed E-state index contributed by atoms with van der Waals surface area (Å²) < 4.78 is 0. The van der Waals surface area contributed by atoms with Gasteiger partial charge in [-0.3, -0.25) is 4.79 Å². The van der Waals surface area contributed by atoms with Gasteiger partial charge in [-0.05, 0) is 37.7 Å². The van der Waals surface area contributed by atoms with E-state index in [9.17, 15) is 9.90 Å². The summed E-state index contributed by atoms with van der Waals surface area (Å²) in [5, 5.41) is 12.5. The average Bonchev–Trinajstić information content (AvgIpc) is 2.38. The minimum absolute atomic E-state index is 0.360. The molecule has 1 atom stereocenters. The molecule has 1 aliphatic carbocycles. The van der Waals surface area contributed by atoms with E-state index in [1.807, 2.05) is 0 Å². The fourth-order valence-corrected chi connectivity index (χ4v) is 2.84. The molecular formula is C17H25NO2. The number of benzene rings is 1. The van der Waals surface area contributed by atoms with Gasteiger partial charge in [0.1, 0.15) is 6.04 Å². The molecule has 1 aromatic rings. The number of hydrogen-bond donors (Lipinski definition) is 2. The monoisotopic (exact) mass is 275 g/mol.